The van der Waals surface area contributed by atoms with E-state index in [0.717, 1.165) is 12.8 Å². The molecule has 0 bridgehead atoms. The summed E-state index contributed by atoms with van der Waals surface area (Å²) < 4.78 is 0. The maximum Gasteiger partial charge on any atom is 0.315 e. The average molecular weight is 631 g/mol. The van der Waals surface area contributed by atoms with Crippen LogP contribution < -0.4 is 21.3 Å². The van der Waals surface area contributed by atoms with Crippen LogP contribution in [0.5, 0.6) is 0 Å². The molecule has 1 unspecified atom stereocenters. The first-order valence-corrected chi connectivity index (χ1v) is 16.1. The summed E-state index contributed by atoms with van der Waals surface area (Å²) in [5.74, 6) is -2.47. The predicted molar refractivity (Wildman–Crippen MR) is 171 cm³/mol. The number of amides is 6. The summed E-state index contributed by atoms with van der Waals surface area (Å²) in [4.78, 5) is 81.9. The first kappa shape index (κ1) is 36.0. The van der Waals surface area contributed by atoms with E-state index in [4.69, 9.17) is 0 Å². The second kappa shape index (κ2) is 13.5. The monoisotopic (exact) mass is 630 g/mol. The van der Waals surface area contributed by atoms with Crippen LogP contribution in [-0.2, 0) is 24.0 Å². The molecule has 2 saturated heterocycles. The average Bonchev–Trinajstić information content (AvgIpc) is 3.25. The summed E-state index contributed by atoms with van der Waals surface area (Å²) >= 11 is 0. The maximum absolute atomic E-state index is 14.2. The predicted octanol–water partition coefficient (Wildman–Crippen LogP) is 1.99. The quantitative estimate of drug-likeness (QED) is 0.202. The lowest BCUT2D eigenvalue weighted by Gasteiger charge is -2.39. The Labute approximate surface area is 267 Å². The van der Waals surface area contributed by atoms with Gasteiger partial charge in [0.05, 0.1) is 12.1 Å². The van der Waals surface area contributed by atoms with E-state index >= 15 is 0 Å². The van der Waals surface area contributed by atoms with Crippen LogP contribution in [0.3, 0.4) is 0 Å². The van der Waals surface area contributed by atoms with Gasteiger partial charge in [0.1, 0.15) is 12.1 Å². The number of rotatable bonds is 11. The van der Waals surface area contributed by atoms with Gasteiger partial charge in [0, 0.05) is 32.6 Å². The minimum atomic E-state index is -1.09. The zero-order valence-electron chi connectivity index (χ0n) is 28.5. The topological polar surface area (TPSA) is 157 Å². The van der Waals surface area contributed by atoms with Crippen LogP contribution in [0.1, 0.15) is 81.6 Å². The number of nitrogens with one attached hydrogen (secondary N) is 4. The number of carbonyl (C=O) groups excluding carboxylic acids is 6. The number of fused-ring (bicyclic) bond motifs is 1. The summed E-state index contributed by atoms with van der Waals surface area (Å²) in [6.45, 7) is 22.1. The highest BCUT2D eigenvalue weighted by Gasteiger charge is 2.69. The minimum absolute atomic E-state index is 0.0775. The Morgan fingerprint density at radius 3 is 2.20 bits per heavy atom. The van der Waals surface area contributed by atoms with Crippen LogP contribution in [0.4, 0.5) is 4.79 Å². The molecule has 2 aliphatic heterocycles. The molecule has 3 aliphatic rings. The third-order valence-corrected chi connectivity index (χ3v) is 9.71. The van der Waals surface area contributed by atoms with Crippen LogP contribution in [0.25, 0.3) is 0 Å². The molecule has 6 amide bonds. The normalized spacial score (nSPS) is 24.5. The van der Waals surface area contributed by atoms with E-state index < -0.39 is 47.2 Å². The van der Waals surface area contributed by atoms with E-state index in [1.54, 1.807) is 4.90 Å². The van der Waals surface area contributed by atoms with E-state index in [1.807, 2.05) is 55.4 Å². The fraction of sp³-hybridized carbons (Fsp3) is 0.758. The molecule has 1 saturated carbocycles. The Morgan fingerprint density at radius 2 is 1.64 bits per heavy atom. The van der Waals surface area contributed by atoms with Crippen molar-refractivity contribution in [3.8, 4) is 0 Å². The molecule has 1 aliphatic carbocycles. The second-order valence-corrected chi connectivity index (χ2v) is 15.6. The van der Waals surface area contributed by atoms with Crippen molar-refractivity contribution in [2.45, 2.75) is 106 Å². The summed E-state index contributed by atoms with van der Waals surface area (Å²) in [6, 6.07) is -3.80. The number of Topliss-reactive ketones (excluding diaryl/α,β-unsaturated/α-hetero) is 1. The minimum Gasteiger partial charge on any atom is -0.346 e. The van der Waals surface area contributed by atoms with Crippen molar-refractivity contribution in [1.29, 1.82) is 0 Å². The molecular weight excluding hydrogens is 576 g/mol. The lowest BCUT2D eigenvalue weighted by Crippen LogP contribution is -2.62. The van der Waals surface area contributed by atoms with Gasteiger partial charge in [-0.3, -0.25) is 24.0 Å². The summed E-state index contributed by atoms with van der Waals surface area (Å²) in [5, 5.41) is 11.0. The van der Waals surface area contributed by atoms with Crippen molar-refractivity contribution in [2.24, 2.45) is 28.1 Å². The number of carbonyl (C=O) groups is 6. The van der Waals surface area contributed by atoms with E-state index in [-0.39, 0.29) is 47.1 Å². The van der Waals surface area contributed by atoms with Crippen LogP contribution in [0, 0.1) is 28.1 Å². The molecule has 3 fully saturated rings. The molecule has 4 N–H and O–H groups in total. The van der Waals surface area contributed by atoms with Gasteiger partial charge in [-0.25, -0.2) is 4.79 Å². The van der Waals surface area contributed by atoms with Crippen LogP contribution in [0.2, 0.25) is 0 Å². The maximum atomic E-state index is 14.2. The zero-order valence-corrected chi connectivity index (χ0v) is 28.5. The Balaban J connectivity index is 1.77. The SMILES string of the molecule is C=CCNC(=O)C(=O)C(C)NC(=O)[C@@H]1[C@@H]2[C@H](CN1C(=O)[C@@H](NC(=O)N[C@H](CN1CCCCC1=O)C(C)(C)C)C(C)(C)C)C2(C)C. The molecule has 6 atom stereocenters. The van der Waals surface area contributed by atoms with Crippen LogP contribution in [0.15, 0.2) is 12.7 Å². The van der Waals surface area contributed by atoms with Gasteiger partial charge in [0.25, 0.3) is 5.91 Å². The van der Waals surface area contributed by atoms with Gasteiger partial charge in [-0.05, 0) is 47.8 Å². The van der Waals surface area contributed by atoms with Gasteiger partial charge in [-0.15, -0.1) is 6.58 Å². The van der Waals surface area contributed by atoms with Crippen molar-refractivity contribution in [1.82, 2.24) is 31.1 Å². The van der Waals surface area contributed by atoms with Gasteiger partial charge in [0.2, 0.25) is 23.5 Å². The molecule has 12 heteroatoms. The van der Waals surface area contributed by atoms with Crippen LogP contribution >= 0.6 is 0 Å². The Morgan fingerprint density at radius 1 is 1.00 bits per heavy atom. The van der Waals surface area contributed by atoms with Gasteiger partial charge in [-0.1, -0.05) is 61.5 Å². The fourth-order valence-corrected chi connectivity index (χ4v) is 6.58. The molecule has 2 heterocycles. The molecule has 0 aromatic heterocycles. The standard InChI is InChI=1S/C33H54N6O6/c1-11-15-34-28(43)25(41)19(2)35-27(42)24-23-20(33(23,9)10)17-39(24)29(44)26(32(6,7)8)37-30(45)36-21(31(3,4)5)18-38-16-13-12-14-22(38)40/h11,19-21,23-24,26H,1,12-18H2,2-10H3,(H,34,43)(H,35,42)(H2,36,37,45)/t19?,20-,21+,23-,24-,26+/m0/s1. The molecule has 45 heavy (non-hydrogen) atoms. The van der Waals surface area contributed by atoms with Gasteiger partial charge < -0.3 is 31.1 Å². The molecule has 0 spiro atoms. The number of likely N-dealkylation sites (tertiary alicyclic amines) is 2. The molecule has 12 nitrogen and oxygen atoms in total. The smallest absolute Gasteiger partial charge is 0.315 e. The molecule has 252 valence electrons. The molecule has 3 rings (SSSR count). The van der Waals surface area contributed by atoms with E-state index in [0.29, 0.717) is 26.1 Å². The number of hydrogen-bond donors (Lipinski definition) is 4. The van der Waals surface area contributed by atoms with Gasteiger partial charge in [0.15, 0.2) is 0 Å². The molecule has 0 aromatic rings. The molecule has 0 aromatic carbocycles. The number of nitrogens with zero attached hydrogens (tertiary/aromatic N) is 2. The Kier molecular flexibility index (Phi) is 10.8. The van der Waals surface area contributed by atoms with Crippen LogP contribution in [-0.4, -0.2) is 95.6 Å². The largest absolute Gasteiger partial charge is 0.346 e. The first-order chi connectivity index (χ1) is 20.7. The van der Waals surface area contributed by atoms with Crippen molar-refractivity contribution in [2.75, 3.05) is 26.2 Å². The third-order valence-electron chi connectivity index (χ3n) is 9.71. The Hall–Kier alpha value is -3.44. The zero-order chi connectivity index (χ0) is 34.1. The highest BCUT2D eigenvalue weighted by molar-refractivity contribution is 6.38. The number of hydrogen-bond acceptors (Lipinski definition) is 6. The highest BCUT2D eigenvalue weighted by atomic mass is 16.2. The van der Waals surface area contributed by atoms with Crippen molar-refractivity contribution in [3.63, 3.8) is 0 Å². The first-order valence-electron chi connectivity index (χ1n) is 16.1. The van der Waals surface area contributed by atoms with Crippen molar-refractivity contribution in [3.05, 3.63) is 12.7 Å². The Bertz CT molecular complexity index is 1200. The third kappa shape index (κ3) is 8.24. The van der Waals surface area contributed by atoms with E-state index in [1.165, 1.54) is 17.9 Å². The van der Waals surface area contributed by atoms with Gasteiger partial charge in [-0.2, -0.15) is 0 Å². The fourth-order valence-electron chi connectivity index (χ4n) is 6.58. The summed E-state index contributed by atoms with van der Waals surface area (Å²) in [5.41, 5.74) is -1.25. The van der Waals surface area contributed by atoms with Crippen molar-refractivity contribution < 1.29 is 28.8 Å². The summed E-state index contributed by atoms with van der Waals surface area (Å²) in [6.07, 6.45) is 3.74. The molecular formula is C33H54N6O6. The number of piperidine rings is 2. The molecule has 0 radical (unpaired) electrons. The van der Waals surface area contributed by atoms with Gasteiger partial charge >= 0.3 is 6.03 Å². The number of ketones is 1. The highest BCUT2D eigenvalue weighted by Crippen LogP contribution is 2.65. The van der Waals surface area contributed by atoms with E-state index in [9.17, 15) is 28.8 Å². The second-order valence-electron chi connectivity index (χ2n) is 15.6. The lowest BCUT2D eigenvalue weighted by molar-refractivity contribution is -0.145. The summed E-state index contributed by atoms with van der Waals surface area (Å²) in [7, 11) is 0. The van der Waals surface area contributed by atoms with Crippen molar-refractivity contribution >= 4 is 35.4 Å². The lowest BCUT2D eigenvalue weighted by atomic mass is 9.84. The van der Waals surface area contributed by atoms with E-state index in [2.05, 4.69) is 27.8 Å². The number of urea groups is 1.